The molecule has 2 unspecified atom stereocenters. The van der Waals surface area contributed by atoms with Crippen LogP contribution in [0.25, 0.3) is 0 Å². The van der Waals surface area contributed by atoms with Crippen LogP contribution in [0.2, 0.25) is 0 Å². The second-order valence-corrected chi connectivity index (χ2v) is 18.2. The lowest BCUT2D eigenvalue weighted by Crippen LogP contribution is -2.45. The van der Waals surface area contributed by atoms with Crippen LogP contribution in [0.3, 0.4) is 0 Å². The highest BCUT2D eigenvalue weighted by molar-refractivity contribution is 5.76. The maximum atomic E-state index is 12.4. The number of nitrogens with one attached hydrogen (secondary N) is 1. The van der Waals surface area contributed by atoms with Crippen molar-refractivity contribution < 1.29 is 24.5 Å². The molecule has 0 aromatic rings. The zero-order valence-electron chi connectivity index (χ0n) is 40.2. The predicted molar refractivity (Wildman–Crippen MR) is 260 cm³/mol. The van der Waals surface area contributed by atoms with Gasteiger partial charge in [-0.15, -0.1) is 0 Å². The Morgan fingerprint density at radius 2 is 0.833 bits per heavy atom. The molecule has 0 aromatic heterocycles. The van der Waals surface area contributed by atoms with Gasteiger partial charge in [-0.3, -0.25) is 9.59 Å². The summed E-state index contributed by atoms with van der Waals surface area (Å²) in [4.78, 5) is 24.4. The van der Waals surface area contributed by atoms with Gasteiger partial charge in [0.1, 0.15) is 0 Å². The molecule has 0 saturated carbocycles. The molecular weight excluding hydrogens is 743 g/mol. The van der Waals surface area contributed by atoms with E-state index < -0.39 is 12.1 Å². The lowest BCUT2D eigenvalue weighted by atomic mass is 10.0. The summed E-state index contributed by atoms with van der Waals surface area (Å²) in [6.07, 6.45) is 58.7. The van der Waals surface area contributed by atoms with E-state index in [-0.39, 0.29) is 18.5 Å². The van der Waals surface area contributed by atoms with Gasteiger partial charge in [-0.05, 0) is 64.2 Å². The number of hydrogen-bond donors (Lipinski definition) is 3. The smallest absolute Gasteiger partial charge is 0.305 e. The van der Waals surface area contributed by atoms with E-state index in [1.807, 2.05) is 0 Å². The first-order chi connectivity index (χ1) is 29.5. The molecule has 6 nitrogen and oxygen atoms in total. The Kier molecular flexibility index (Phi) is 48.6. The quantitative estimate of drug-likeness (QED) is 0.0322. The Hall–Kier alpha value is -1.66. The molecule has 0 saturated heterocycles. The molecule has 6 heteroatoms. The Morgan fingerprint density at radius 1 is 0.467 bits per heavy atom. The van der Waals surface area contributed by atoms with E-state index in [4.69, 9.17) is 4.74 Å². The molecule has 0 aliphatic rings. The number of hydrogen-bond acceptors (Lipinski definition) is 5. The molecule has 0 aliphatic carbocycles. The summed E-state index contributed by atoms with van der Waals surface area (Å²) >= 11 is 0. The Labute approximate surface area is 373 Å². The van der Waals surface area contributed by atoms with Crippen LogP contribution in [-0.2, 0) is 14.3 Å². The summed E-state index contributed by atoms with van der Waals surface area (Å²) in [6, 6.07) is -0.551. The molecule has 60 heavy (non-hydrogen) atoms. The predicted octanol–water partition coefficient (Wildman–Crippen LogP) is 15.9. The van der Waals surface area contributed by atoms with Gasteiger partial charge >= 0.3 is 5.97 Å². The zero-order chi connectivity index (χ0) is 43.7. The van der Waals surface area contributed by atoms with Gasteiger partial charge in [0.2, 0.25) is 5.91 Å². The Morgan fingerprint density at radius 3 is 1.27 bits per heavy atom. The summed E-state index contributed by atoms with van der Waals surface area (Å²) in [7, 11) is 0. The maximum absolute atomic E-state index is 12.4. The minimum Gasteiger partial charge on any atom is -0.466 e. The van der Waals surface area contributed by atoms with E-state index in [0.717, 1.165) is 83.5 Å². The fourth-order valence-corrected chi connectivity index (χ4v) is 8.14. The number of amides is 1. The standard InChI is InChI=1S/C54H103NO5/c1-3-5-7-9-11-13-15-16-17-22-25-28-32-36-40-44-48-54(59)60-49-45-41-37-33-29-26-23-20-18-19-21-24-27-31-35-39-43-47-53(58)55-51(50-56)52(57)46-42-38-34-30-14-12-10-8-6-4-2/h18,20,26,29,51-52,56-57H,3-17,19,21-25,27-28,30-50H2,1-2H3,(H,55,58)/b20-18-,29-26-. The van der Waals surface area contributed by atoms with E-state index in [1.54, 1.807) is 0 Å². The van der Waals surface area contributed by atoms with E-state index in [0.29, 0.717) is 25.9 Å². The topological polar surface area (TPSA) is 95.9 Å². The van der Waals surface area contributed by atoms with Crippen molar-refractivity contribution in [2.24, 2.45) is 0 Å². The highest BCUT2D eigenvalue weighted by Gasteiger charge is 2.20. The number of esters is 1. The molecule has 0 fully saturated rings. The fraction of sp³-hybridized carbons (Fsp3) is 0.889. The molecular formula is C54H103NO5. The maximum Gasteiger partial charge on any atom is 0.305 e. The molecule has 0 spiro atoms. The third-order valence-electron chi connectivity index (χ3n) is 12.3. The second-order valence-electron chi connectivity index (χ2n) is 18.2. The fourth-order valence-electron chi connectivity index (χ4n) is 8.14. The molecule has 0 aromatic carbocycles. The molecule has 0 rings (SSSR count). The number of rotatable bonds is 49. The molecule has 0 heterocycles. The first-order valence-electron chi connectivity index (χ1n) is 26.6. The highest BCUT2D eigenvalue weighted by Crippen LogP contribution is 2.16. The average molecular weight is 846 g/mol. The zero-order valence-corrected chi connectivity index (χ0v) is 40.2. The summed E-state index contributed by atoms with van der Waals surface area (Å²) in [6.45, 7) is 4.90. The highest BCUT2D eigenvalue weighted by atomic mass is 16.5. The third kappa shape index (κ3) is 45.9. The van der Waals surface area contributed by atoms with Crippen molar-refractivity contribution in [1.82, 2.24) is 5.32 Å². The number of allylic oxidation sites excluding steroid dienone is 4. The van der Waals surface area contributed by atoms with Crippen molar-refractivity contribution in [2.75, 3.05) is 13.2 Å². The number of unbranched alkanes of at least 4 members (excludes halogenated alkanes) is 34. The van der Waals surface area contributed by atoms with Crippen molar-refractivity contribution in [3.8, 4) is 0 Å². The monoisotopic (exact) mass is 846 g/mol. The van der Waals surface area contributed by atoms with Crippen LogP contribution in [0.5, 0.6) is 0 Å². The van der Waals surface area contributed by atoms with Gasteiger partial charge in [0.05, 0.1) is 25.4 Å². The van der Waals surface area contributed by atoms with Crippen molar-refractivity contribution in [3.63, 3.8) is 0 Å². The Bertz CT molecular complexity index is 935. The minimum atomic E-state index is -0.672. The second kappa shape index (κ2) is 50.0. The van der Waals surface area contributed by atoms with Crippen molar-refractivity contribution in [2.45, 2.75) is 296 Å². The van der Waals surface area contributed by atoms with Crippen molar-refractivity contribution >= 4 is 11.9 Å². The lowest BCUT2D eigenvalue weighted by Gasteiger charge is -2.22. The number of carbonyl (C=O) groups excluding carboxylic acids is 2. The van der Waals surface area contributed by atoms with Crippen LogP contribution in [0.15, 0.2) is 24.3 Å². The average Bonchev–Trinajstić information content (AvgIpc) is 3.25. The largest absolute Gasteiger partial charge is 0.466 e. The van der Waals surface area contributed by atoms with Crippen LogP contribution in [0.1, 0.15) is 284 Å². The van der Waals surface area contributed by atoms with Gasteiger partial charge < -0.3 is 20.3 Å². The van der Waals surface area contributed by atoms with Crippen molar-refractivity contribution in [3.05, 3.63) is 24.3 Å². The number of aliphatic hydroxyl groups excluding tert-OH is 2. The molecule has 354 valence electrons. The van der Waals surface area contributed by atoms with Crippen LogP contribution in [0, 0.1) is 0 Å². The molecule has 2 atom stereocenters. The van der Waals surface area contributed by atoms with Crippen LogP contribution >= 0.6 is 0 Å². The summed E-state index contributed by atoms with van der Waals surface area (Å²) in [5.41, 5.74) is 0. The van der Waals surface area contributed by atoms with Gasteiger partial charge in [-0.1, -0.05) is 231 Å². The van der Waals surface area contributed by atoms with E-state index in [2.05, 4.69) is 43.5 Å². The van der Waals surface area contributed by atoms with Crippen molar-refractivity contribution in [1.29, 1.82) is 0 Å². The van der Waals surface area contributed by atoms with E-state index in [1.165, 1.54) is 167 Å². The first-order valence-corrected chi connectivity index (χ1v) is 26.6. The van der Waals surface area contributed by atoms with Crippen LogP contribution in [0.4, 0.5) is 0 Å². The molecule has 0 bridgehead atoms. The lowest BCUT2D eigenvalue weighted by molar-refractivity contribution is -0.143. The summed E-state index contributed by atoms with van der Waals surface area (Å²) in [5.74, 6) is -0.0652. The Balaban J connectivity index is 3.47. The molecule has 0 aliphatic heterocycles. The van der Waals surface area contributed by atoms with Crippen LogP contribution < -0.4 is 5.32 Å². The normalized spacial score (nSPS) is 12.8. The number of carbonyl (C=O) groups is 2. The van der Waals surface area contributed by atoms with Gasteiger partial charge in [0.25, 0.3) is 0 Å². The first kappa shape index (κ1) is 58.3. The van der Waals surface area contributed by atoms with Crippen LogP contribution in [-0.4, -0.2) is 47.4 Å². The van der Waals surface area contributed by atoms with Gasteiger partial charge in [0, 0.05) is 12.8 Å². The third-order valence-corrected chi connectivity index (χ3v) is 12.3. The number of aliphatic hydroxyl groups is 2. The van der Waals surface area contributed by atoms with E-state index >= 15 is 0 Å². The van der Waals surface area contributed by atoms with Gasteiger partial charge in [-0.25, -0.2) is 0 Å². The number of ether oxygens (including phenoxy) is 1. The van der Waals surface area contributed by atoms with Gasteiger partial charge in [-0.2, -0.15) is 0 Å². The summed E-state index contributed by atoms with van der Waals surface area (Å²) < 4.78 is 5.45. The molecule has 0 radical (unpaired) electrons. The van der Waals surface area contributed by atoms with E-state index in [9.17, 15) is 19.8 Å². The molecule has 1 amide bonds. The summed E-state index contributed by atoms with van der Waals surface area (Å²) in [5, 5.41) is 23.1. The van der Waals surface area contributed by atoms with Gasteiger partial charge in [0.15, 0.2) is 0 Å². The molecule has 3 N–H and O–H groups in total. The SMILES string of the molecule is CCCCCCCCCCCCCCCCCCC(=O)OCCCCC/C=C\C/C=C\CCCCCCCCCC(=O)NC(CO)C(O)CCCCCCCCCCCC. The minimum absolute atomic E-state index is 0.0123.